The zero-order valence-corrected chi connectivity index (χ0v) is 5.87. The van der Waals surface area contributed by atoms with Gasteiger partial charge in [0.1, 0.15) is 0 Å². The van der Waals surface area contributed by atoms with Crippen molar-refractivity contribution in [1.82, 2.24) is 0 Å². The van der Waals surface area contributed by atoms with Gasteiger partial charge in [0.2, 0.25) is 0 Å². The van der Waals surface area contributed by atoms with Crippen molar-refractivity contribution in [3.05, 3.63) is 12.7 Å². The molecule has 0 heterocycles. The minimum Gasteiger partial charge on any atom is -0.450 e. The van der Waals surface area contributed by atoms with E-state index >= 15 is 0 Å². The maximum atomic E-state index is 8.56. The van der Waals surface area contributed by atoms with Crippen LogP contribution in [0.3, 0.4) is 0 Å². The van der Waals surface area contributed by atoms with Crippen molar-refractivity contribution in [2.75, 3.05) is 0 Å². The fourth-order valence-electron chi connectivity index (χ4n) is 0. The van der Waals surface area contributed by atoms with E-state index in [1.807, 2.05) is 6.92 Å². The normalized spacial score (nSPS) is 4.62. The van der Waals surface area contributed by atoms with E-state index in [2.05, 4.69) is 6.58 Å². The van der Waals surface area contributed by atoms with Gasteiger partial charge in [0, 0.05) is 22.4 Å². The van der Waals surface area contributed by atoms with Gasteiger partial charge in [-0.2, -0.15) is 0 Å². The van der Waals surface area contributed by atoms with Crippen molar-refractivity contribution in [1.29, 1.82) is 0 Å². The predicted molar refractivity (Wildman–Crippen MR) is 26.5 cm³/mol. The molecule has 0 aromatic rings. The van der Waals surface area contributed by atoms with E-state index in [-0.39, 0.29) is 22.4 Å². The molecule has 0 unspecified atom stereocenters. The Morgan fingerprint density at radius 3 is 1.62 bits per heavy atom. The minimum absolute atomic E-state index is 0. The molecule has 8 heavy (non-hydrogen) atoms. The van der Waals surface area contributed by atoms with Crippen molar-refractivity contribution in [2.45, 2.75) is 6.92 Å². The zero-order valence-electron chi connectivity index (χ0n) is 4.39. The molecule has 4 heteroatoms. The van der Waals surface area contributed by atoms with Gasteiger partial charge >= 0.3 is 6.16 Å². The largest absolute Gasteiger partial charge is 0.503 e. The molecule has 0 aliphatic carbocycles. The molecule has 0 aromatic carbocycles. The van der Waals surface area contributed by atoms with Gasteiger partial charge in [-0.25, -0.2) is 4.79 Å². The molecule has 0 saturated heterocycles. The van der Waals surface area contributed by atoms with Gasteiger partial charge in [-0.3, -0.25) is 0 Å². The summed E-state index contributed by atoms with van der Waals surface area (Å²) in [4.78, 5) is 8.56. The maximum absolute atomic E-state index is 8.56. The average molecular weight is 212 g/mol. The first kappa shape index (κ1) is 15.7. The summed E-state index contributed by atoms with van der Waals surface area (Å²) >= 11 is 0. The summed E-state index contributed by atoms with van der Waals surface area (Å²) in [6.07, 6.45) is -0.0833. The van der Waals surface area contributed by atoms with Gasteiger partial charge in [0.25, 0.3) is 0 Å². The van der Waals surface area contributed by atoms with Crippen molar-refractivity contribution >= 4 is 6.16 Å². The van der Waals surface area contributed by atoms with Crippen molar-refractivity contribution in [2.24, 2.45) is 0 Å². The van der Waals surface area contributed by atoms with Crippen LogP contribution in [0.1, 0.15) is 6.92 Å². The average Bonchev–Trinajstić information content (AvgIpc) is 1.33. The maximum Gasteiger partial charge on any atom is 0.503 e. The van der Waals surface area contributed by atoms with Crippen LogP contribution in [0.5, 0.6) is 0 Å². The Hall–Kier alpha value is -0.250. The summed E-state index contributed by atoms with van der Waals surface area (Å²) in [6, 6.07) is 0. The molecule has 0 aliphatic heterocycles. The van der Waals surface area contributed by atoms with Crippen molar-refractivity contribution in [3.63, 3.8) is 0 Å². The Morgan fingerprint density at radius 1 is 1.62 bits per heavy atom. The van der Waals surface area contributed by atoms with Gasteiger partial charge < -0.3 is 10.2 Å². The molecule has 3 nitrogen and oxygen atoms in total. The number of carboxylic acid groups (broad SMARTS) is 2. The molecule has 0 fully saturated rings. The number of hydrogen-bond acceptors (Lipinski definition) is 1. The molecule has 0 atom stereocenters. The van der Waals surface area contributed by atoms with Gasteiger partial charge in [-0.1, -0.05) is 6.08 Å². The summed E-state index contributed by atoms with van der Waals surface area (Å²) in [5.41, 5.74) is 0. The van der Waals surface area contributed by atoms with Gasteiger partial charge in [0.05, 0.1) is 0 Å². The quantitative estimate of drug-likeness (QED) is 0.471. The third-order valence-corrected chi connectivity index (χ3v) is 0. The predicted octanol–water partition coefficient (Wildman–Crippen LogP) is 1.41. The molecule has 0 saturated carbocycles. The fourth-order valence-corrected chi connectivity index (χ4v) is 0. The third kappa shape index (κ3) is 2080. The Balaban J connectivity index is -0.0000000575. The van der Waals surface area contributed by atoms with E-state index in [1.54, 1.807) is 6.08 Å². The van der Waals surface area contributed by atoms with Crippen molar-refractivity contribution in [3.8, 4) is 0 Å². The Labute approximate surface area is 63.5 Å². The molecule has 0 aliphatic rings. The Morgan fingerprint density at radius 2 is 1.62 bits per heavy atom. The molecule has 0 aromatic heterocycles. The van der Waals surface area contributed by atoms with Crippen LogP contribution in [0.15, 0.2) is 12.7 Å². The van der Waals surface area contributed by atoms with E-state index in [9.17, 15) is 0 Å². The summed E-state index contributed by atoms with van der Waals surface area (Å²) in [6.45, 7) is 5.25. The first-order valence-corrected chi connectivity index (χ1v) is 1.64. The van der Waals surface area contributed by atoms with Crippen LogP contribution in [-0.2, 0) is 22.4 Å². The molecular formula is C4H8AgO3. The van der Waals surface area contributed by atoms with Crippen LogP contribution in [-0.4, -0.2) is 16.4 Å². The number of carbonyl (C=O) groups is 1. The van der Waals surface area contributed by atoms with E-state index in [4.69, 9.17) is 15.0 Å². The van der Waals surface area contributed by atoms with E-state index < -0.39 is 6.16 Å². The summed E-state index contributed by atoms with van der Waals surface area (Å²) in [5, 5.41) is 13.9. The van der Waals surface area contributed by atoms with Gasteiger partial charge in [0.15, 0.2) is 0 Å². The Bertz CT molecular complexity index is 58.3. The van der Waals surface area contributed by atoms with Crippen molar-refractivity contribution < 1.29 is 37.4 Å². The third-order valence-electron chi connectivity index (χ3n) is 0. The summed E-state index contributed by atoms with van der Waals surface area (Å²) in [5.74, 6) is 0. The molecule has 1 radical (unpaired) electrons. The van der Waals surface area contributed by atoms with Crippen LogP contribution in [0.25, 0.3) is 0 Å². The molecular weight excluding hydrogens is 204 g/mol. The smallest absolute Gasteiger partial charge is 0.450 e. The van der Waals surface area contributed by atoms with Gasteiger partial charge in [-0.15, -0.1) is 6.58 Å². The zero-order chi connectivity index (χ0) is 6.28. The molecule has 0 amide bonds. The van der Waals surface area contributed by atoms with E-state index in [1.165, 1.54) is 0 Å². The number of rotatable bonds is 0. The summed E-state index contributed by atoms with van der Waals surface area (Å²) in [7, 11) is 0. The van der Waals surface area contributed by atoms with E-state index in [0.29, 0.717) is 0 Å². The van der Waals surface area contributed by atoms with Crippen LogP contribution >= 0.6 is 0 Å². The van der Waals surface area contributed by atoms with Gasteiger partial charge in [-0.05, 0) is 6.92 Å². The number of hydrogen-bond donors (Lipinski definition) is 2. The number of allylic oxidation sites excluding steroid dienone is 1. The topological polar surface area (TPSA) is 57.5 Å². The fraction of sp³-hybridized carbons (Fsp3) is 0.250. The first-order valence-electron chi connectivity index (χ1n) is 1.64. The van der Waals surface area contributed by atoms with Crippen LogP contribution in [0.2, 0.25) is 0 Å². The second-order valence-corrected chi connectivity index (χ2v) is 0.691. The minimum atomic E-state index is -1.83. The molecule has 2 N–H and O–H groups in total. The monoisotopic (exact) mass is 211 g/mol. The molecule has 0 bridgehead atoms. The van der Waals surface area contributed by atoms with Crippen LogP contribution in [0.4, 0.5) is 4.79 Å². The second kappa shape index (κ2) is 15.9. The summed E-state index contributed by atoms with van der Waals surface area (Å²) < 4.78 is 0. The SMILES string of the molecule is C=CC.O=C(O)O.[Ag]. The van der Waals surface area contributed by atoms with E-state index in [0.717, 1.165) is 0 Å². The first-order chi connectivity index (χ1) is 3.15. The second-order valence-electron chi connectivity index (χ2n) is 0.691. The Kier molecular flexibility index (Phi) is 31.0. The molecule has 0 spiro atoms. The molecule has 53 valence electrons. The molecule has 0 rings (SSSR count). The van der Waals surface area contributed by atoms with Crippen LogP contribution in [0, 0.1) is 0 Å². The van der Waals surface area contributed by atoms with Crippen LogP contribution < -0.4 is 0 Å². The standard InChI is InChI=1S/C3H6.CH2O3.Ag/c1-3-2;2-1(3)4;/h3H,1H2,2H3;(H2,2,3,4);.